The first-order chi connectivity index (χ1) is 44.5. The molecule has 3 aliphatic rings. The molecule has 0 aromatic heterocycles. The standard InChI is InChI=1S/C73H95ClO16Si2/c1-12-39-78-71-68(86-61(77)43-74)65(62(48(9)82-71)79-44-51-32-35-54-25-19-22-28-57(54)40-51)87-73-70(67(90-92(16-5,17-6)18-7)64(50(11)84-73)81-46-53-34-37-56-27-21-24-30-59(56)42-53)88-72-69(85-60(76)38-31-47(8)75)66(89-91(13-2,14-3)15-4)63(49(10)83-72)80-45-52-33-36-55-26-20-23-29-58(55)41-52/h12,19-30,32-37,40-42,48-50,62-73H,1,13-18,31,38-39,43-46H2,2-11H3/t48-,49-,50-,62-,63-,64-,65+,66+,67+,68+,69+,70+,71+,72-,73-/m0/s1. The molecule has 3 saturated heterocycles. The van der Waals surface area contributed by atoms with Crippen LogP contribution in [0.15, 0.2) is 140 Å². The summed E-state index contributed by atoms with van der Waals surface area (Å²) in [6, 6.07) is 47.6. The molecular weight excluding hydrogens is 1220 g/mol. The van der Waals surface area contributed by atoms with E-state index in [1.165, 1.54) is 6.92 Å². The van der Waals surface area contributed by atoms with E-state index in [1.54, 1.807) is 6.08 Å². The van der Waals surface area contributed by atoms with Crippen LogP contribution >= 0.6 is 11.6 Å². The lowest BCUT2D eigenvalue weighted by Crippen LogP contribution is -2.69. The lowest BCUT2D eigenvalue weighted by molar-refractivity contribution is -0.387. The van der Waals surface area contributed by atoms with E-state index < -0.39 is 127 Å². The highest BCUT2D eigenvalue weighted by Gasteiger charge is 2.58. The molecule has 0 bridgehead atoms. The largest absolute Gasteiger partial charge is 0.454 e. The van der Waals surface area contributed by atoms with Crippen molar-refractivity contribution in [2.75, 3.05) is 12.5 Å². The molecule has 16 nitrogen and oxygen atoms in total. The molecule has 19 heteroatoms. The summed E-state index contributed by atoms with van der Waals surface area (Å²) < 4.78 is 92.1. The number of ketones is 1. The molecule has 9 rings (SSSR count). The van der Waals surface area contributed by atoms with Crippen molar-refractivity contribution < 1.29 is 75.3 Å². The van der Waals surface area contributed by atoms with E-state index in [9.17, 15) is 14.4 Å². The number of alkyl halides is 1. The van der Waals surface area contributed by atoms with Gasteiger partial charge in [-0.1, -0.05) is 157 Å². The van der Waals surface area contributed by atoms with Crippen LogP contribution in [0.2, 0.25) is 36.3 Å². The van der Waals surface area contributed by atoms with Crippen molar-refractivity contribution in [3.8, 4) is 0 Å². The number of halogens is 1. The summed E-state index contributed by atoms with van der Waals surface area (Å²) >= 11 is 6.27. The maximum absolute atomic E-state index is 14.6. The van der Waals surface area contributed by atoms with E-state index >= 15 is 0 Å². The predicted molar refractivity (Wildman–Crippen MR) is 361 cm³/mol. The SMILES string of the molecule is C=CCO[C@@H]1O[C@@H](C)[C@H](OCc2ccc3ccccc3c2)[C@@H](O[C@@H]2O[C@@H](C)[C@H](OCc3ccc4ccccc4c3)[C@@H](O[Si](CC)(CC)CC)[C@H]2O[C@@H]2O[C@@H](C)[C@H](OCc3ccc4ccccc4c3)[C@@H](O[Si](CC)(CC)CC)[C@H]2OC(=O)CCC(C)=O)[C@H]1OC(=O)CCl. The van der Waals surface area contributed by atoms with E-state index in [-0.39, 0.29) is 45.1 Å². The topological polar surface area (TPSA) is 171 Å². The molecule has 0 saturated carbocycles. The summed E-state index contributed by atoms with van der Waals surface area (Å²) in [4.78, 5) is 40.8. The zero-order valence-electron chi connectivity index (χ0n) is 55.2. The molecule has 498 valence electrons. The minimum atomic E-state index is -2.71. The minimum Gasteiger partial charge on any atom is -0.454 e. The summed E-state index contributed by atoms with van der Waals surface area (Å²) in [6.07, 6.45) is -14.4. The summed E-state index contributed by atoms with van der Waals surface area (Å²) in [6.45, 7) is 24.4. The van der Waals surface area contributed by atoms with Crippen LogP contribution in [0, 0.1) is 0 Å². The molecule has 0 unspecified atom stereocenters. The number of rotatable bonds is 32. The first-order valence-electron chi connectivity index (χ1n) is 33.1. The van der Waals surface area contributed by atoms with Gasteiger partial charge in [-0.15, -0.1) is 18.2 Å². The summed E-state index contributed by atoms with van der Waals surface area (Å²) in [5, 5.41) is 6.42. The molecule has 92 heavy (non-hydrogen) atoms. The van der Waals surface area contributed by atoms with E-state index in [4.69, 9.17) is 72.6 Å². The van der Waals surface area contributed by atoms with Crippen LogP contribution in [0.25, 0.3) is 32.3 Å². The van der Waals surface area contributed by atoms with E-state index in [1.807, 2.05) is 81.4 Å². The Kier molecular flexibility index (Phi) is 25.8. The van der Waals surface area contributed by atoms with Crippen molar-refractivity contribution in [3.63, 3.8) is 0 Å². The molecule has 3 fully saturated rings. The van der Waals surface area contributed by atoms with Crippen molar-refractivity contribution >= 4 is 78.3 Å². The fourth-order valence-electron chi connectivity index (χ4n) is 13.1. The van der Waals surface area contributed by atoms with Gasteiger partial charge in [-0.2, -0.15) is 0 Å². The molecule has 0 radical (unpaired) electrons. The van der Waals surface area contributed by atoms with Gasteiger partial charge < -0.3 is 65.8 Å². The highest BCUT2D eigenvalue weighted by molar-refractivity contribution is 6.74. The molecule has 6 aromatic rings. The van der Waals surface area contributed by atoms with Gasteiger partial charge in [-0.25, -0.2) is 0 Å². The molecule has 15 atom stereocenters. The van der Waals surface area contributed by atoms with Crippen LogP contribution in [0.3, 0.4) is 0 Å². The number of Topliss-reactive ketones (excluding diaryl/α,β-unsaturated/α-hetero) is 1. The van der Waals surface area contributed by atoms with Crippen LogP contribution < -0.4 is 0 Å². The number of hydrogen-bond acceptors (Lipinski definition) is 16. The second-order valence-corrected chi connectivity index (χ2v) is 34.4. The van der Waals surface area contributed by atoms with Gasteiger partial charge in [0.1, 0.15) is 54.4 Å². The van der Waals surface area contributed by atoms with Crippen LogP contribution in [0.1, 0.15) is 98.8 Å². The summed E-state index contributed by atoms with van der Waals surface area (Å²) in [5.41, 5.74) is 2.74. The van der Waals surface area contributed by atoms with E-state index in [0.717, 1.165) is 85.3 Å². The van der Waals surface area contributed by atoms with Crippen molar-refractivity contribution in [1.29, 1.82) is 0 Å². The van der Waals surface area contributed by atoms with E-state index in [0.29, 0.717) is 0 Å². The Bertz CT molecular complexity index is 3360. The molecule has 0 amide bonds. The van der Waals surface area contributed by atoms with Gasteiger partial charge in [0.15, 0.2) is 47.7 Å². The Balaban J connectivity index is 1.19. The maximum atomic E-state index is 14.6. The maximum Gasteiger partial charge on any atom is 0.321 e. The van der Waals surface area contributed by atoms with E-state index in [2.05, 4.69) is 115 Å². The van der Waals surface area contributed by atoms with Gasteiger partial charge in [0.25, 0.3) is 0 Å². The Morgan fingerprint density at radius 2 is 0.804 bits per heavy atom. The number of esters is 2. The number of carbonyl (C=O) groups excluding carboxylic acids is 3. The highest BCUT2D eigenvalue weighted by Crippen LogP contribution is 2.42. The van der Waals surface area contributed by atoms with Gasteiger partial charge in [-0.3, -0.25) is 9.59 Å². The van der Waals surface area contributed by atoms with Crippen LogP contribution in [-0.4, -0.2) is 139 Å². The first-order valence-corrected chi connectivity index (χ1v) is 38.7. The lowest BCUT2D eigenvalue weighted by Gasteiger charge is -2.53. The molecule has 6 aromatic carbocycles. The Labute approximate surface area is 550 Å². The fourth-order valence-corrected chi connectivity index (χ4v) is 18.8. The molecule has 0 N–H and O–H groups in total. The molecule has 3 heterocycles. The Morgan fingerprint density at radius 1 is 0.446 bits per heavy atom. The number of ether oxygens (including phenoxy) is 11. The van der Waals surface area contributed by atoms with Crippen molar-refractivity contribution in [2.24, 2.45) is 0 Å². The number of hydrogen-bond donors (Lipinski definition) is 0. The Hall–Kier alpha value is -5.27. The van der Waals surface area contributed by atoms with Crippen molar-refractivity contribution in [3.05, 3.63) is 157 Å². The number of fused-ring (bicyclic) bond motifs is 3. The number of benzene rings is 6. The third-order valence-corrected chi connectivity index (χ3v) is 28.4. The average molecular weight is 1320 g/mol. The van der Waals surface area contributed by atoms with Crippen molar-refractivity contribution in [2.45, 2.75) is 230 Å². The van der Waals surface area contributed by atoms with Crippen LogP contribution in [0.4, 0.5) is 0 Å². The van der Waals surface area contributed by atoms with Gasteiger partial charge in [0, 0.05) is 6.42 Å². The molecule has 0 aliphatic carbocycles. The Morgan fingerprint density at radius 3 is 1.21 bits per heavy atom. The zero-order valence-corrected chi connectivity index (χ0v) is 57.9. The lowest BCUT2D eigenvalue weighted by atomic mass is 9.96. The van der Waals surface area contributed by atoms with Crippen LogP contribution in [-0.2, 0) is 95.2 Å². The van der Waals surface area contributed by atoms with Crippen LogP contribution in [0.5, 0.6) is 0 Å². The normalized spacial score (nSPS) is 27.1. The second kappa shape index (κ2) is 33.4. The van der Waals surface area contributed by atoms with Gasteiger partial charge in [-0.05, 0) is 131 Å². The predicted octanol–water partition coefficient (Wildman–Crippen LogP) is 14.6. The molecule has 3 aliphatic heterocycles. The molecular formula is C73H95ClO16Si2. The third kappa shape index (κ3) is 17.4. The van der Waals surface area contributed by atoms with Crippen molar-refractivity contribution in [1.82, 2.24) is 0 Å². The minimum absolute atomic E-state index is 0.0341. The fraction of sp³-hybridized carbons (Fsp3) is 0.521. The molecule has 0 spiro atoms. The summed E-state index contributed by atoms with van der Waals surface area (Å²) in [7, 11) is -5.34. The first kappa shape index (κ1) is 71.0. The van der Waals surface area contributed by atoms with Gasteiger partial charge >= 0.3 is 11.9 Å². The average Bonchev–Trinajstić information content (AvgIpc) is 0.795. The van der Waals surface area contributed by atoms with Gasteiger partial charge in [0.05, 0.1) is 51.2 Å². The van der Waals surface area contributed by atoms with Gasteiger partial charge in [0.2, 0.25) is 0 Å². The second-order valence-electron chi connectivity index (χ2n) is 24.7. The smallest absolute Gasteiger partial charge is 0.321 e. The highest BCUT2D eigenvalue weighted by atomic mass is 35.5. The third-order valence-electron chi connectivity index (χ3n) is 18.9. The summed E-state index contributed by atoms with van der Waals surface area (Å²) in [5.74, 6) is -2.06. The number of carbonyl (C=O) groups is 3. The quantitative estimate of drug-likeness (QED) is 0.0169. The monoisotopic (exact) mass is 1320 g/mol. The zero-order chi connectivity index (χ0) is 65.5.